The fourth-order valence-corrected chi connectivity index (χ4v) is 6.07. The summed E-state index contributed by atoms with van der Waals surface area (Å²) in [5.41, 5.74) is 0.954. The third kappa shape index (κ3) is 4.22. The van der Waals surface area contributed by atoms with Crippen molar-refractivity contribution < 1.29 is 13.2 Å². The highest BCUT2D eigenvalue weighted by molar-refractivity contribution is 7.91. The van der Waals surface area contributed by atoms with Crippen LogP contribution >= 0.6 is 11.3 Å². The summed E-state index contributed by atoms with van der Waals surface area (Å²) in [7, 11) is -3.05. The van der Waals surface area contributed by atoms with Gasteiger partial charge in [-0.15, -0.1) is 11.3 Å². The minimum atomic E-state index is -3.05. The minimum Gasteiger partial charge on any atom is -0.333 e. The monoisotopic (exact) mass is 399 g/mol. The van der Waals surface area contributed by atoms with Gasteiger partial charge >= 0.3 is 0 Å². The summed E-state index contributed by atoms with van der Waals surface area (Å²) in [5.74, 6) is 0.227. The predicted octanol–water partition coefficient (Wildman–Crippen LogP) is 3.66. The number of benzene rings is 2. The summed E-state index contributed by atoms with van der Waals surface area (Å²) in [6.07, 6.45) is 0.809. The van der Waals surface area contributed by atoms with Gasteiger partial charge < -0.3 is 4.90 Å². The van der Waals surface area contributed by atoms with Gasteiger partial charge in [0.05, 0.1) is 24.5 Å². The lowest BCUT2D eigenvalue weighted by molar-refractivity contribution is -0.133. The molecule has 0 bridgehead atoms. The van der Waals surface area contributed by atoms with Crippen LogP contribution in [0.2, 0.25) is 0 Å². The largest absolute Gasteiger partial charge is 0.333 e. The van der Waals surface area contributed by atoms with E-state index in [0.29, 0.717) is 13.0 Å². The highest BCUT2D eigenvalue weighted by Crippen LogP contribution is 2.23. The Balaban J connectivity index is 1.57. The molecule has 4 nitrogen and oxygen atoms in total. The lowest BCUT2D eigenvalue weighted by atomic mass is 10.0. The molecule has 0 radical (unpaired) electrons. The van der Waals surface area contributed by atoms with Gasteiger partial charge in [0.2, 0.25) is 5.91 Å². The Bertz CT molecular complexity index is 1060. The first-order valence-corrected chi connectivity index (χ1v) is 11.7. The lowest BCUT2D eigenvalue weighted by Gasteiger charge is -2.28. The lowest BCUT2D eigenvalue weighted by Crippen LogP contribution is -2.41. The number of thiophene rings is 1. The van der Waals surface area contributed by atoms with Crippen molar-refractivity contribution in [2.45, 2.75) is 25.4 Å². The molecule has 0 N–H and O–H groups in total. The number of carbonyl (C=O) groups is 1. The molecule has 1 aliphatic rings. The summed E-state index contributed by atoms with van der Waals surface area (Å²) < 4.78 is 23.9. The number of fused-ring (bicyclic) bond motifs is 1. The van der Waals surface area contributed by atoms with E-state index in [9.17, 15) is 13.2 Å². The fraction of sp³-hybridized carbons (Fsp3) is 0.286. The molecular weight excluding hydrogens is 378 g/mol. The average Bonchev–Trinajstić information content (AvgIpc) is 3.28. The molecule has 140 valence electrons. The van der Waals surface area contributed by atoms with Crippen molar-refractivity contribution in [1.29, 1.82) is 0 Å². The number of carbonyl (C=O) groups excluding carboxylic acids is 1. The molecule has 1 amide bonds. The second-order valence-corrected chi connectivity index (χ2v) is 10.3. The van der Waals surface area contributed by atoms with Crippen molar-refractivity contribution in [2.75, 3.05) is 11.5 Å². The topological polar surface area (TPSA) is 54.5 Å². The summed E-state index contributed by atoms with van der Waals surface area (Å²) in [4.78, 5) is 16.0. The molecule has 1 unspecified atom stereocenters. The number of hydrogen-bond donors (Lipinski definition) is 0. The molecule has 1 fully saturated rings. The summed E-state index contributed by atoms with van der Waals surface area (Å²) in [6, 6.07) is 17.8. The van der Waals surface area contributed by atoms with Gasteiger partial charge in [-0.3, -0.25) is 4.79 Å². The first kappa shape index (κ1) is 18.2. The van der Waals surface area contributed by atoms with Crippen LogP contribution in [0.25, 0.3) is 10.8 Å². The van der Waals surface area contributed by atoms with Crippen LogP contribution in [-0.2, 0) is 27.6 Å². The zero-order valence-electron chi connectivity index (χ0n) is 14.9. The van der Waals surface area contributed by atoms with Crippen molar-refractivity contribution in [3.05, 3.63) is 70.4 Å². The van der Waals surface area contributed by atoms with Crippen LogP contribution in [0.3, 0.4) is 0 Å². The Morgan fingerprint density at radius 1 is 1.07 bits per heavy atom. The molecule has 27 heavy (non-hydrogen) atoms. The van der Waals surface area contributed by atoms with Crippen molar-refractivity contribution >= 4 is 37.9 Å². The normalized spacial score (nSPS) is 18.6. The summed E-state index contributed by atoms with van der Waals surface area (Å²) in [5, 5.41) is 4.23. The van der Waals surface area contributed by atoms with Crippen LogP contribution < -0.4 is 0 Å². The van der Waals surface area contributed by atoms with Crippen molar-refractivity contribution in [1.82, 2.24) is 4.90 Å². The van der Waals surface area contributed by atoms with E-state index < -0.39 is 9.84 Å². The zero-order chi connectivity index (χ0) is 18.9. The standard InChI is InChI=1S/C21H21NO3S2/c23-21(13-16-7-8-17-4-1-2-5-18(17)12-16)22(14-20-6-3-10-26-20)19-9-11-27(24,25)15-19/h1-8,10,12,19H,9,11,13-15H2. The Hall–Kier alpha value is -2.18. The average molecular weight is 400 g/mol. The van der Waals surface area contributed by atoms with Crippen molar-refractivity contribution in [2.24, 2.45) is 0 Å². The van der Waals surface area contributed by atoms with Crippen molar-refractivity contribution in [3.63, 3.8) is 0 Å². The SMILES string of the molecule is O=C(Cc1ccc2ccccc2c1)N(Cc1cccs1)C1CCS(=O)(=O)C1. The van der Waals surface area contributed by atoms with Gasteiger partial charge in [0.15, 0.2) is 9.84 Å². The molecular formula is C21H21NO3S2. The van der Waals surface area contributed by atoms with Crippen LogP contribution in [0.4, 0.5) is 0 Å². The molecule has 4 rings (SSSR count). The molecule has 6 heteroatoms. The van der Waals surface area contributed by atoms with Crippen LogP contribution in [0, 0.1) is 0 Å². The van der Waals surface area contributed by atoms with Gasteiger partial charge in [-0.2, -0.15) is 0 Å². The van der Waals surface area contributed by atoms with E-state index in [1.807, 2.05) is 60.0 Å². The molecule has 2 aromatic carbocycles. The molecule has 1 aromatic heterocycles. The van der Waals surface area contributed by atoms with E-state index in [1.165, 1.54) is 0 Å². The number of sulfone groups is 1. The van der Waals surface area contributed by atoms with Crippen LogP contribution in [0.1, 0.15) is 16.9 Å². The van der Waals surface area contributed by atoms with Crippen LogP contribution in [-0.4, -0.2) is 36.8 Å². The first-order valence-electron chi connectivity index (χ1n) is 9.00. The van der Waals surface area contributed by atoms with Crippen molar-refractivity contribution in [3.8, 4) is 0 Å². The molecule has 0 aliphatic carbocycles. The molecule has 0 spiro atoms. The van der Waals surface area contributed by atoms with E-state index in [0.717, 1.165) is 21.2 Å². The Kier molecular flexibility index (Phi) is 5.02. The fourth-order valence-electron chi connectivity index (χ4n) is 3.64. The van der Waals surface area contributed by atoms with E-state index >= 15 is 0 Å². The maximum atomic E-state index is 13.1. The molecule has 0 saturated carbocycles. The smallest absolute Gasteiger partial charge is 0.227 e. The highest BCUT2D eigenvalue weighted by atomic mass is 32.2. The van der Waals surface area contributed by atoms with Gasteiger partial charge in [0.25, 0.3) is 0 Å². The van der Waals surface area contributed by atoms with Crippen LogP contribution in [0.15, 0.2) is 60.0 Å². The molecule has 1 aliphatic heterocycles. The third-order valence-corrected chi connectivity index (χ3v) is 7.66. The number of amides is 1. The quantitative estimate of drug-likeness (QED) is 0.658. The molecule has 2 heterocycles. The van der Waals surface area contributed by atoms with E-state index in [1.54, 1.807) is 16.2 Å². The van der Waals surface area contributed by atoms with E-state index in [2.05, 4.69) is 0 Å². The van der Waals surface area contributed by atoms with Gasteiger partial charge in [0.1, 0.15) is 0 Å². The summed E-state index contributed by atoms with van der Waals surface area (Å²) in [6.45, 7) is 0.476. The van der Waals surface area contributed by atoms with E-state index in [-0.39, 0.29) is 29.9 Å². The van der Waals surface area contributed by atoms with Gasteiger partial charge in [-0.25, -0.2) is 8.42 Å². The zero-order valence-corrected chi connectivity index (χ0v) is 16.5. The number of hydrogen-bond acceptors (Lipinski definition) is 4. The number of nitrogens with zero attached hydrogens (tertiary/aromatic N) is 1. The van der Waals surface area contributed by atoms with Crippen LogP contribution in [0.5, 0.6) is 0 Å². The second kappa shape index (κ2) is 7.44. The first-order chi connectivity index (χ1) is 13.0. The van der Waals surface area contributed by atoms with Gasteiger partial charge in [-0.1, -0.05) is 48.5 Å². The Morgan fingerprint density at radius 2 is 1.89 bits per heavy atom. The predicted molar refractivity (Wildman–Crippen MR) is 110 cm³/mol. The molecule has 1 saturated heterocycles. The molecule has 3 aromatic rings. The highest BCUT2D eigenvalue weighted by Gasteiger charge is 2.34. The maximum Gasteiger partial charge on any atom is 0.227 e. The Labute approximate surface area is 163 Å². The summed E-state index contributed by atoms with van der Waals surface area (Å²) >= 11 is 1.59. The number of rotatable bonds is 5. The van der Waals surface area contributed by atoms with Gasteiger partial charge in [-0.05, 0) is 34.2 Å². The second-order valence-electron chi connectivity index (χ2n) is 7.02. The molecule has 1 atom stereocenters. The third-order valence-electron chi connectivity index (χ3n) is 5.05. The maximum absolute atomic E-state index is 13.1. The Morgan fingerprint density at radius 3 is 2.59 bits per heavy atom. The van der Waals surface area contributed by atoms with Gasteiger partial charge in [0, 0.05) is 10.9 Å². The minimum absolute atomic E-state index is 0.0132. The van der Waals surface area contributed by atoms with E-state index in [4.69, 9.17) is 0 Å².